The van der Waals surface area contributed by atoms with Gasteiger partial charge < -0.3 is 19.7 Å². The second-order valence-corrected chi connectivity index (χ2v) is 9.28. The second-order valence-electron chi connectivity index (χ2n) is 8.12. The van der Waals surface area contributed by atoms with Crippen LogP contribution in [0.3, 0.4) is 0 Å². The molecule has 0 bridgehead atoms. The van der Waals surface area contributed by atoms with Crippen molar-refractivity contribution in [3.8, 4) is 5.88 Å². The number of nitrogens with zero attached hydrogens (tertiary/aromatic N) is 5. The number of benzene rings is 1. The van der Waals surface area contributed by atoms with Crippen molar-refractivity contribution in [2.24, 2.45) is 0 Å². The molecule has 1 saturated heterocycles. The van der Waals surface area contributed by atoms with Crippen LogP contribution in [0, 0.1) is 6.92 Å². The average molecular weight is 471 g/mol. The van der Waals surface area contributed by atoms with Crippen LogP contribution in [-0.2, 0) is 17.6 Å². The number of rotatable bonds is 5. The van der Waals surface area contributed by atoms with Crippen LogP contribution in [0.5, 0.6) is 5.88 Å². The molecule has 1 aromatic carbocycles. The summed E-state index contributed by atoms with van der Waals surface area (Å²) in [5.41, 5.74) is 3.66. The molecule has 168 valence electrons. The molecule has 0 saturated carbocycles. The first-order chi connectivity index (χ1) is 15.6. The summed E-state index contributed by atoms with van der Waals surface area (Å²) < 4.78 is 13.7. The molecule has 2 aromatic heterocycles. The van der Waals surface area contributed by atoms with Gasteiger partial charge in [0.2, 0.25) is 11.0 Å². The molecule has 1 N–H and O–H groups in total. The van der Waals surface area contributed by atoms with Crippen LogP contribution < -0.4 is 10.1 Å². The zero-order valence-corrected chi connectivity index (χ0v) is 19.8. The first-order valence-corrected chi connectivity index (χ1v) is 12.4. The maximum atomic E-state index is 6.10. The Labute approximate surface area is 196 Å². The Morgan fingerprint density at radius 2 is 2.06 bits per heavy atom. The average Bonchev–Trinajstić information content (AvgIpc) is 3.40. The van der Waals surface area contributed by atoms with Crippen LogP contribution in [0.4, 0.5) is 0 Å². The highest BCUT2D eigenvalue weighted by atomic mass is 32.2. The van der Waals surface area contributed by atoms with Crippen LogP contribution in [0.2, 0.25) is 0 Å². The maximum absolute atomic E-state index is 6.10. The van der Waals surface area contributed by atoms with Crippen molar-refractivity contribution in [1.29, 1.82) is 0 Å². The number of fused-ring (bicyclic) bond motifs is 2. The van der Waals surface area contributed by atoms with Gasteiger partial charge >= 0.3 is 0 Å². The highest BCUT2D eigenvalue weighted by Crippen LogP contribution is 2.22. The molecule has 0 spiro atoms. The fraction of sp³-hybridized carbons (Fsp3) is 0.455. The lowest BCUT2D eigenvalue weighted by Crippen LogP contribution is -2.53. The van der Waals surface area contributed by atoms with Crippen LogP contribution >= 0.6 is 24.0 Å². The smallest absolute Gasteiger partial charge is 0.256 e. The molecular formula is C22H26N6O2S2. The zero-order valence-electron chi connectivity index (χ0n) is 18.2. The Hall–Kier alpha value is -2.43. The minimum atomic E-state index is -0.0867. The van der Waals surface area contributed by atoms with E-state index in [1.165, 1.54) is 22.9 Å². The Morgan fingerprint density at radius 1 is 1.28 bits per heavy atom. The second kappa shape index (κ2) is 9.21. The molecule has 8 nitrogen and oxygen atoms in total. The first-order valence-electron chi connectivity index (χ1n) is 10.7. The molecule has 1 aliphatic heterocycles. The topological polar surface area (TPSA) is 76.8 Å². The van der Waals surface area contributed by atoms with E-state index in [4.69, 9.17) is 21.7 Å². The summed E-state index contributed by atoms with van der Waals surface area (Å²) in [6.07, 6.45) is 3.88. The lowest BCUT2D eigenvalue weighted by atomic mass is 10.1. The quantitative estimate of drug-likeness (QED) is 0.446. The van der Waals surface area contributed by atoms with E-state index in [0.717, 1.165) is 30.2 Å². The van der Waals surface area contributed by atoms with Gasteiger partial charge in [-0.1, -0.05) is 36.0 Å². The number of aryl methyl sites for hydroxylation is 1. The predicted octanol–water partition coefficient (Wildman–Crippen LogP) is 2.28. The van der Waals surface area contributed by atoms with Gasteiger partial charge in [0.1, 0.15) is 12.7 Å². The summed E-state index contributed by atoms with van der Waals surface area (Å²) in [5.74, 6) is 1.16. The number of thioether (sulfide) groups is 1. The van der Waals surface area contributed by atoms with E-state index in [0.29, 0.717) is 42.6 Å². The molecule has 2 aliphatic rings. The minimum absolute atomic E-state index is 0.0867. The monoisotopic (exact) mass is 470 g/mol. The Bertz CT molecular complexity index is 1110. The third-order valence-electron chi connectivity index (χ3n) is 5.79. The van der Waals surface area contributed by atoms with Crippen molar-refractivity contribution in [3.63, 3.8) is 0 Å². The fourth-order valence-corrected chi connectivity index (χ4v) is 4.90. The number of aromatic nitrogens is 4. The van der Waals surface area contributed by atoms with Gasteiger partial charge in [-0.25, -0.2) is 4.98 Å². The number of nitrogens with one attached hydrogen (secondary N) is 1. The summed E-state index contributed by atoms with van der Waals surface area (Å²) in [4.78, 5) is 11.0. The zero-order chi connectivity index (χ0) is 22.1. The molecule has 1 atom stereocenters. The van der Waals surface area contributed by atoms with E-state index in [-0.39, 0.29) is 6.10 Å². The largest absolute Gasteiger partial charge is 0.475 e. The van der Waals surface area contributed by atoms with Crippen molar-refractivity contribution in [3.05, 3.63) is 47.2 Å². The van der Waals surface area contributed by atoms with E-state index in [2.05, 4.69) is 49.5 Å². The first kappa shape index (κ1) is 21.4. The molecule has 1 aliphatic carbocycles. The minimum Gasteiger partial charge on any atom is -0.475 e. The standard InChI is InChI=1S/C22H26N6O2S2/c1-14-9-19(28-20(23-14)25-21(26-28)32-2)30-13-18-12-27(7-8-29-18)22(31)24-17-10-15-5-3-4-6-16(15)11-17/h3-6,9,17-18H,7-8,10-13H2,1-2H3,(H,24,31). The van der Waals surface area contributed by atoms with Crippen LogP contribution in [0.25, 0.3) is 5.78 Å². The van der Waals surface area contributed by atoms with E-state index in [9.17, 15) is 0 Å². The number of hydrogen-bond acceptors (Lipinski definition) is 7. The summed E-state index contributed by atoms with van der Waals surface area (Å²) in [5, 5.41) is 9.47. The maximum Gasteiger partial charge on any atom is 0.256 e. The van der Waals surface area contributed by atoms with Crippen molar-refractivity contribution in [2.75, 3.05) is 32.6 Å². The van der Waals surface area contributed by atoms with E-state index < -0.39 is 0 Å². The van der Waals surface area contributed by atoms with Crippen LogP contribution in [0.15, 0.2) is 35.5 Å². The normalized spacial score (nSPS) is 18.7. The van der Waals surface area contributed by atoms with Crippen molar-refractivity contribution in [2.45, 2.75) is 37.1 Å². The molecule has 32 heavy (non-hydrogen) atoms. The van der Waals surface area contributed by atoms with Gasteiger partial charge in [0.15, 0.2) is 5.11 Å². The fourth-order valence-electron chi connectivity index (χ4n) is 4.23. The highest BCUT2D eigenvalue weighted by Gasteiger charge is 2.27. The highest BCUT2D eigenvalue weighted by molar-refractivity contribution is 7.98. The van der Waals surface area contributed by atoms with Crippen molar-refractivity contribution >= 4 is 34.9 Å². The summed E-state index contributed by atoms with van der Waals surface area (Å²) in [6.45, 7) is 4.41. The van der Waals surface area contributed by atoms with Gasteiger partial charge in [-0.3, -0.25) is 0 Å². The van der Waals surface area contributed by atoms with Gasteiger partial charge in [0.25, 0.3) is 5.78 Å². The Kier molecular flexibility index (Phi) is 6.16. The number of thiocarbonyl (C=S) groups is 1. The van der Waals surface area contributed by atoms with Gasteiger partial charge in [-0.05, 0) is 49.4 Å². The Balaban J connectivity index is 1.18. The molecule has 5 rings (SSSR count). The SMILES string of the molecule is CSc1nc2nc(C)cc(OCC3CN(C(=S)NC4Cc5ccccc5C4)CCO3)n2n1. The lowest BCUT2D eigenvalue weighted by Gasteiger charge is -2.35. The van der Waals surface area contributed by atoms with Gasteiger partial charge in [0.05, 0.1) is 6.61 Å². The molecule has 0 amide bonds. The molecule has 3 heterocycles. The molecule has 10 heteroatoms. The Morgan fingerprint density at radius 3 is 2.81 bits per heavy atom. The predicted molar refractivity (Wildman–Crippen MR) is 127 cm³/mol. The molecule has 1 unspecified atom stereocenters. The van der Waals surface area contributed by atoms with Gasteiger partial charge in [-0.2, -0.15) is 9.50 Å². The molecule has 1 fully saturated rings. The number of hydrogen-bond donors (Lipinski definition) is 1. The molecule has 3 aromatic rings. The van der Waals surface area contributed by atoms with Gasteiger partial charge in [0, 0.05) is 30.9 Å². The van der Waals surface area contributed by atoms with Crippen molar-refractivity contribution in [1.82, 2.24) is 29.8 Å². The third kappa shape index (κ3) is 4.53. The molecular weight excluding hydrogens is 444 g/mol. The lowest BCUT2D eigenvalue weighted by molar-refractivity contribution is -0.0300. The van der Waals surface area contributed by atoms with E-state index >= 15 is 0 Å². The van der Waals surface area contributed by atoms with Gasteiger partial charge in [-0.15, -0.1) is 5.10 Å². The van der Waals surface area contributed by atoms with Crippen LogP contribution in [-0.4, -0.2) is 74.3 Å². The summed E-state index contributed by atoms with van der Waals surface area (Å²) >= 11 is 7.21. The summed E-state index contributed by atoms with van der Waals surface area (Å²) in [7, 11) is 0. The molecule has 0 radical (unpaired) electrons. The summed E-state index contributed by atoms with van der Waals surface area (Å²) in [6, 6.07) is 10.8. The van der Waals surface area contributed by atoms with Crippen molar-refractivity contribution < 1.29 is 9.47 Å². The van der Waals surface area contributed by atoms with E-state index in [1.807, 2.05) is 19.2 Å². The number of ether oxygens (including phenoxy) is 2. The number of morpholine rings is 1. The van der Waals surface area contributed by atoms with E-state index in [1.54, 1.807) is 4.52 Å². The van der Waals surface area contributed by atoms with Crippen LogP contribution in [0.1, 0.15) is 16.8 Å². The third-order valence-corrected chi connectivity index (χ3v) is 6.71.